The quantitative estimate of drug-likeness (QED) is 0.112. The Labute approximate surface area is 204 Å². The van der Waals surface area contributed by atoms with Crippen LogP contribution in [0.4, 0.5) is 0 Å². The lowest BCUT2D eigenvalue weighted by molar-refractivity contribution is 0.0703. The van der Waals surface area contributed by atoms with Gasteiger partial charge in [-0.2, -0.15) is 0 Å². The van der Waals surface area contributed by atoms with Gasteiger partial charge in [0.25, 0.3) is 0 Å². The van der Waals surface area contributed by atoms with Gasteiger partial charge in [-0.25, -0.2) is 0 Å². The molecule has 31 heavy (non-hydrogen) atoms. The Morgan fingerprint density at radius 3 is 1.23 bits per heavy atom. The van der Waals surface area contributed by atoms with Crippen molar-refractivity contribution in [1.29, 1.82) is 0 Å². The molecule has 11 heteroatoms. The number of hydrogen-bond donors (Lipinski definition) is 0. The predicted molar refractivity (Wildman–Crippen MR) is 140 cm³/mol. The SMILES string of the molecule is CCO[Si](CCCC(CCC[Si](OCC)(OCC)OCC)CSP=S)(OCC)OCC. The van der Waals surface area contributed by atoms with Crippen LogP contribution in [0.15, 0.2) is 0 Å². The Morgan fingerprint density at radius 1 is 0.645 bits per heavy atom. The second-order valence-corrected chi connectivity index (χ2v) is 15.8. The minimum Gasteiger partial charge on any atom is -0.374 e. The molecule has 0 aromatic rings. The molecular weight excluding hydrogens is 487 g/mol. The van der Waals surface area contributed by atoms with E-state index in [1.165, 1.54) is 0 Å². The van der Waals surface area contributed by atoms with Crippen LogP contribution in [0.1, 0.15) is 67.2 Å². The van der Waals surface area contributed by atoms with Gasteiger partial charge in [-0.05, 0) is 85.0 Å². The van der Waals surface area contributed by atoms with Gasteiger partial charge in [0, 0.05) is 64.0 Å². The zero-order valence-corrected chi connectivity index (χ0v) is 25.0. The molecule has 0 aromatic carbocycles. The maximum Gasteiger partial charge on any atom is 0.500 e. The van der Waals surface area contributed by atoms with E-state index in [1.54, 1.807) is 0 Å². The van der Waals surface area contributed by atoms with Gasteiger partial charge in [-0.15, -0.1) is 0 Å². The normalized spacial score (nSPS) is 12.9. The minimum absolute atomic E-state index is 0.591. The fraction of sp³-hybridized carbons (Fsp3) is 1.00. The van der Waals surface area contributed by atoms with E-state index in [2.05, 4.69) is 0 Å². The first-order valence-corrected chi connectivity index (χ1v) is 19.1. The molecule has 0 saturated heterocycles. The van der Waals surface area contributed by atoms with Gasteiger partial charge in [0.15, 0.2) is 0 Å². The van der Waals surface area contributed by atoms with Crippen molar-refractivity contribution in [2.75, 3.05) is 45.4 Å². The molecule has 186 valence electrons. The maximum atomic E-state index is 6.01. The Balaban J connectivity index is 4.88. The summed E-state index contributed by atoms with van der Waals surface area (Å²) in [6.45, 7) is 16.8. The average molecular weight is 533 g/mol. The second kappa shape index (κ2) is 20.4. The molecule has 0 heterocycles. The summed E-state index contributed by atoms with van der Waals surface area (Å²) in [6, 6.07) is 1.73. The molecular formula is C20H45O6PS2Si2. The van der Waals surface area contributed by atoms with Crippen molar-refractivity contribution in [2.45, 2.75) is 79.3 Å². The fourth-order valence-corrected chi connectivity index (χ4v) is 10.9. The first-order valence-electron chi connectivity index (χ1n) is 11.8. The van der Waals surface area contributed by atoms with E-state index in [-0.39, 0.29) is 0 Å². The molecule has 0 aliphatic carbocycles. The van der Waals surface area contributed by atoms with E-state index in [0.29, 0.717) is 45.6 Å². The molecule has 0 N–H and O–H groups in total. The molecule has 0 radical (unpaired) electrons. The van der Waals surface area contributed by atoms with Crippen LogP contribution in [0, 0.1) is 5.92 Å². The summed E-state index contributed by atoms with van der Waals surface area (Å²) >= 11 is 6.97. The van der Waals surface area contributed by atoms with Crippen molar-refractivity contribution >= 4 is 47.4 Å². The van der Waals surface area contributed by atoms with Crippen LogP contribution in [0.25, 0.3) is 0 Å². The molecule has 0 aliphatic rings. The summed E-state index contributed by atoms with van der Waals surface area (Å²) < 4.78 is 36.0. The molecule has 0 aliphatic heterocycles. The molecule has 0 saturated carbocycles. The Morgan fingerprint density at radius 2 is 0.968 bits per heavy atom. The van der Waals surface area contributed by atoms with E-state index < -0.39 is 17.6 Å². The Hall–Kier alpha value is 1.06. The Kier molecular flexibility index (Phi) is 21.1. The van der Waals surface area contributed by atoms with Gasteiger partial charge in [0.05, 0.1) is 0 Å². The molecule has 0 bridgehead atoms. The molecule has 0 spiro atoms. The minimum atomic E-state index is -2.57. The molecule has 0 aromatic heterocycles. The lowest BCUT2D eigenvalue weighted by Crippen LogP contribution is -2.46. The predicted octanol–water partition coefficient (Wildman–Crippen LogP) is 6.32. The van der Waals surface area contributed by atoms with Crippen LogP contribution >= 0.6 is 17.9 Å². The van der Waals surface area contributed by atoms with Crippen molar-refractivity contribution in [3.8, 4) is 0 Å². The summed E-state index contributed by atoms with van der Waals surface area (Å²) in [5.74, 6) is 1.66. The van der Waals surface area contributed by atoms with Gasteiger partial charge < -0.3 is 26.6 Å². The molecule has 0 rings (SSSR count). The van der Waals surface area contributed by atoms with E-state index in [4.69, 9.17) is 38.4 Å². The monoisotopic (exact) mass is 532 g/mol. The summed E-state index contributed by atoms with van der Waals surface area (Å²) in [5, 5.41) is 0. The first-order chi connectivity index (χ1) is 15.0. The molecule has 0 unspecified atom stereocenters. The number of hydrogen-bond acceptors (Lipinski definition) is 8. The van der Waals surface area contributed by atoms with Crippen molar-refractivity contribution < 1.29 is 26.6 Å². The molecule has 0 atom stereocenters. The van der Waals surface area contributed by atoms with E-state index in [0.717, 1.165) is 50.1 Å². The molecule has 0 amide bonds. The van der Waals surface area contributed by atoms with Crippen molar-refractivity contribution in [2.24, 2.45) is 5.92 Å². The van der Waals surface area contributed by atoms with Gasteiger partial charge in [-0.3, -0.25) is 0 Å². The summed E-state index contributed by atoms with van der Waals surface area (Å²) in [4.78, 5) is 0. The molecule has 0 fully saturated rings. The highest BCUT2D eigenvalue weighted by atomic mass is 32.9. The standard InChI is InChI=1S/C20H45O6PS2Si2/c1-7-21-30(22-8-2,23-9-3)17-13-15-20(19-29-27-28)16-14-18-31(24-10-4,25-11-5)26-12-6/h20H,7-19H2,1-6H3. The lowest BCUT2D eigenvalue weighted by atomic mass is 10.0. The van der Waals surface area contributed by atoms with Crippen LogP contribution in [0.2, 0.25) is 12.1 Å². The van der Waals surface area contributed by atoms with Crippen LogP contribution in [-0.2, 0) is 38.4 Å². The highest BCUT2D eigenvalue weighted by Gasteiger charge is 2.41. The van der Waals surface area contributed by atoms with Gasteiger partial charge in [-0.1, -0.05) is 11.4 Å². The largest absolute Gasteiger partial charge is 0.500 e. The van der Waals surface area contributed by atoms with Crippen LogP contribution < -0.4 is 0 Å². The van der Waals surface area contributed by atoms with Gasteiger partial charge >= 0.3 is 17.6 Å². The second-order valence-electron chi connectivity index (χ2n) is 6.98. The highest BCUT2D eigenvalue weighted by molar-refractivity contribution is 8.57. The summed E-state index contributed by atoms with van der Waals surface area (Å²) in [6.07, 6.45) is 4.31. The van der Waals surface area contributed by atoms with Crippen molar-refractivity contribution in [3.63, 3.8) is 0 Å². The van der Waals surface area contributed by atoms with Crippen LogP contribution in [0.5, 0.6) is 0 Å². The fourth-order valence-electron chi connectivity index (χ4n) is 3.66. The zero-order valence-electron chi connectivity index (χ0n) is 20.5. The van der Waals surface area contributed by atoms with E-state index >= 15 is 0 Å². The number of rotatable bonds is 23. The van der Waals surface area contributed by atoms with Gasteiger partial charge in [0.1, 0.15) is 0 Å². The topological polar surface area (TPSA) is 55.4 Å². The van der Waals surface area contributed by atoms with E-state index in [9.17, 15) is 0 Å². The zero-order chi connectivity index (χ0) is 23.4. The third-order valence-electron chi connectivity index (χ3n) is 4.74. The highest BCUT2D eigenvalue weighted by Crippen LogP contribution is 2.30. The van der Waals surface area contributed by atoms with Crippen LogP contribution in [-0.4, -0.2) is 63.0 Å². The van der Waals surface area contributed by atoms with Gasteiger partial charge in [0.2, 0.25) is 0 Å². The third-order valence-corrected chi connectivity index (χ3v) is 13.5. The smallest absolute Gasteiger partial charge is 0.374 e. The van der Waals surface area contributed by atoms with Crippen LogP contribution in [0.3, 0.4) is 0 Å². The summed E-state index contributed by atoms with van der Waals surface area (Å²) in [5.41, 5.74) is 0. The third kappa shape index (κ3) is 14.1. The lowest BCUT2D eigenvalue weighted by Gasteiger charge is -2.30. The molecule has 6 nitrogen and oxygen atoms in total. The average Bonchev–Trinajstić information content (AvgIpc) is 2.73. The maximum absolute atomic E-state index is 6.01. The Bertz CT molecular complexity index is 374. The van der Waals surface area contributed by atoms with Crippen molar-refractivity contribution in [3.05, 3.63) is 0 Å². The van der Waals surface area contributed by atoms with Crippen molar-refractivity contribution in [1.82, 2.24) is 0 Å². The van der Waals surface area contributed by atoms with E-state index in [1.807, 2.05) is 52.9 Å². The first kappa shape index (κ1) is 32.1. The summed E-state index contributed by atoms with van der Waals surface area (Å²) in [7, 11) is -5.14.